The first kappa shape index (κ1) is 12.1. The molecule has 0 aliphatic carbocycles. The minimum atomic E-state index is -0.259. The van der Waals surface area contributed by atoms with Crippen molar-refractivity contribution in [2.75, 3.05) is 11.9 Å². The van der Waals surface area contributed by atoms with Gasteiger partial charge in [-0.15, -0.1) is 0 Å². The molecule has 1 aromatic carbocycles. The molecule has 0 saturated carbocycles. The van der Waals surface area contributed by atoms with Gasteiger partial charge in [-0.3, -0.25) is 9.59 Å². The van der Waals surface area contributed by atoms with Crippen LogP contribution in [0.4, 0.5) is 5.69 Å². The van der Waals surface area contributed by atoms with Crippen molar-refractivity contribution in [2.45, 2.75) is 13.3 Å². The van der Waals surface area contributed by atoms with Gasteiger partial charge in [0, 0.05) is 23.1 Å². The summed E-state index contributed by atoms with van der Waals surface area (Å²) in [5.41, 5.74) is 1.78. The van der Waals surface area contributed by atoms with Gasteiger partial charge in [0.2, 0.25) is 11.8 Å². The molecule has 0 bridgehead atoms. The van der Waals surface area contributed by atoms with Crippen molar-refractivity contribution in [3.05, 3.63) is 28.2 Å². The average Bonchev–Trinajstić information content (AvgIpc) is 2.69. The Labute approximate surface area is 108 Å². The molecule has 1 aliphatic rings. The fourth-order valence-corrected chi connectivity index (χ4v) is 2.27. The van der Waals surface area contributed by atoms with E-state index >= 15 is 0 Å². The first-order valence-electron chi connectivity index (χ1n) is 5.40. The molecule has 90 valence electrons. The fourth-order valence-electron chi connectivity index (χ4n) is 1.79. The van der Waals surface area contributed by atoms with Gasteiger partial charge in [0.05, 0.1) is 5.92 Å². The molecule has 0 aromatic heterocycles. The zero-order chi connectivity index (χ0) is 12.4. The van der Waals surface area contributed by atoms with Crippen LogP contribution in [0.1, 0.15) is 12.0 Å². The topological polar surface area (TPSA) is 58.2 Å². The first-order chi connectivity index (χ1) is 8.06. The van der Waals surface area contributed by atoms with Gasteiger partial charge in [-0.1, -0.05) is 15.9 Å². The molecule has 0 radical (unpaired) electrons. The first-order valence-corrected chi connectivity index (χ1v) is 6.19. The van der Waals surface area contributed by atoms with Gasteiger partial charge < -0.3 is 10.6 Å². The number of hydrogen-bond acceptors (Lipinski definition) is 2. The molecular formula is C12H13BrN2O2. The molecule has 1 unspecified atom stereocenters. The zero-order valence-corrected chi connectivity index (χ0v) is 11.0. The van der Waals surface area contributed by atoms with E-state index < -0.39 is 0 Å². The molecule has 1 heterocycles. The van der Waals surface area contributed by atoms with Crippen LogP contribution >= 0.6 is 15.9 Å². The van der Waals surface area contributed by atoms with Crippen LogP contribution in [0.2, 0.25) is 0 Å². The van der Waals surface area contributed by atoms with E-state index in [4.69, 9.17) is 0 Å². The predicted octanol–water partition coefficient (Wildman–Crippen LogP) is 1.83. The van der Waals surface area contributed by atoms with E-state index in [-0.39, 0.29) is 24.2 Å². The predicted molar refractivity (Wildman–Crippen MR) is 68.6 cm³/mol. The van der Waals surface area contributed by atoms with Gasteiger partial charge in [-0.05, 0) is 30.7 Å². The van der Waals surface area contributed by atoms with Crippen LogP contribution in [0.25, 0.3) is 0 Å². The van der Waals surface area contributed by atoms with Gasteiger partial charge >= 0.3 is 0 Å². The minimum absolute atomic E-state index is 0.0577. The lowest BCUT2D eigenvalue weighted by molar-refractivity contribution is -0.123. The SMILES string of the molecule is Cc1cc(Br)ccc1NC(=O)C1CNC(=O)C1. The number of hydrogen-bond donors (Lipinski definition) is 2. The standard InChI is InChI=1S/C12H13BrN2O2/c1-7-4-9(13)2-3-10(7)15-12(17)8-5-11(16)14-6-8/h2-4,8H,5-6H2,1H3,(H,14,16)(H,15,17). The number of amides is 2. The molecule has 0 spiro atoms. The molecule has 2 amide bonds. The fraction of sp³-hybridized carbons (Fsp3) is 0.333. The minimum Gasteiger partial charge on any atom is -0.355 e. The Hall–Kier alpha value is -1.36. The van der Waals surface area contributed by atoms with Crippen molar-refractivity contribution < 1.29 is 9.59 Å². The third-order valence-corrected chi connectivity index (χ3v) is 3.29. The number of aryl methyl sites for hydroxylation is 1. The van der Waals surface area contributed by atoms with Crippen LogP contribution in [-0.4, -0.2) is 18.4 Å². The van der Waals surface area contributed by atoms with E-state index in [1.807, 2.05) is 25.1 Å². The highest BCUT2D eigenvalue weighted by molar-refractivity contribution is 9.10. The van der Waals surface area contributed by atoms with E-state index in [9.17, 15) is 9.59 Å². The normalized spacial score (nSPS) is 18.9. The summed E-state index contributed by atoms with van der Waals surface area (Å²) in [5.74, 6) is -0.419. The second kappa shape index (κ2) is 4.87. The van der Waals surface area contributed by atoms with Crippen molar-refractivity contribution >= 4 is 33.4 Å². The Morgan fingerprint density at radius 3 is 2.88 bits per heavy atom. The van der Waals surface area contributed by atoms with E-state index in [1.54, 1.807) is 0 Å². The maximum absolute atomic E-state index is 11.9. The molecule has 2 rings (SSSR count). The van der Waals surface area contributed by atoms with Crippen molar-refractivity contribution in [1.29, 1.82) is 0 Å². The Bertz CT molecular complexity index is 474. The Kier molecular flexibility index (Phi) is 3.47. The van der Waals surface area contributed by atoms with Gasteiger partial charge in [0.25, 0.3) is 0 Å². The van der Waals surface area contributed by atoms with Crippen molar-refractivity contribution in [1.82, 2.24) is 5.32 Å². The van der Waals surface area contributed by atoms with E-state index in [0.717, 1.165) is 15.7 Å². The Balaban J connectivity index is 2.05. The van der Waals surface area contributed by atoms with E-state index in [0.29, 0.717) is 6.54 Å². The summed E-state index contributed by atoms with van der Waals surface area (Å²) < 4.78 is 0.978. The number of carbonyl (C=O) groups excluding carboxylic acids is 2. The Morgan fingerprint density at radius 2 is 2.29 bits per heavy atom. The van der Waals surface area contributed by atoms with Crippen LogP contribution < -0.4 is 10.6 Å². The molecule has 1 aliphatic heterocycles. The van der Waals surface area contributed by atoms with Crippen LogP contribution in [0.15, 0.2) is 22.7 Å². The summed E-state index contributed by atoms with van der Waals surface area (Å²) in [4.78, 5) is 22.9. The van der Waals surface area contributed by atoms with Crippen molar-refractivity contribution in [3.63, 3.8) is 0 Å². The lowest BCUT2D eigenvalue weighted by Crippen LogP contribution is -2.25. The number of rotatable bonds is 2. The number of benzene rings is 1. The number of carbonyl (C=O) groups is 2. The lowest BCUT2D eigenvalue weighted by Gasteiger charge is -2.11. The van der Waals surface area contributed by atoms with Gasteiger partial charge in [-0.2, -0.15) is 0 Å². The molecule has 5 heteroatoms. The van der Waals surface area contributed by atoms with E-state index in [1.165, 1.54) is 0 Å². The van der Waals surface area contributed by atoms with Crippen molar-refractivity contribution in [2.24, 2.45) is 5.92 Å². The van der Waals surface area contributed by atoms with Crippen LogP contribution in [0.3, 0.4) is 0 Å². The molecule has 17 heavy (non-hydrogen) atoms. The largest absolute Gasteiger partial charge is 0.355 e. The van der Waals surface area contributed by atoms with Gasteiger partial charge in [0.15, 0.2) is 0 Å². The van der Waals surface area contributed by atoms with Crippen LogP contribution in [0.5, 0.6) is 0 Å². The zero-order valence-electron chi connectivity index (χ0n) is 9.42. The molecule has 2 N–H and O–H groups in total. The van der Waals surface area contributed by atoms with Crippen molar-refractivity contribution in [3.8, 4) is 0 Å². The second-order valence-electron chi connectivity index (χ2n) is 4.15. The highest BCUT2D eigenvalue weighted by Crippen LogP contribution is 2.21. The highest BCUT2D eigenvalue weighted by atomic mass is 79.9. The maximum atomic E-state index is 11.9. The summed E-state index contributed by atoms with van der Waals surface area (Å²) in [5, 5.41) is 5.50. The summed E-state index contributed by atoms with van der Waals surface area (Å²) in [6.07, 6.45) is 0.279. The number of nitrogens with one attached hydrogen (secondary N) is 2. The number of halogens is 1. The molecule has 1 fully saturated rings. The lowest BCUT2D eigenvalue weighted by atomic mass is 10.1. The molecular weight excluding hydrogens is 284 g/mol. The molecule has 4 nitrogen and oxygen atoms in total. The molecule has 1 aromatic rings. The quantitative estimate of drug-likeness (QED) is 0.875. The van der Waals surface area contributed by atoms with Crippen LogP contribution in [-0.2, 0) is 9.59 Å². The number of anilines is 1. The molecule has 1 atom stereocenters. The summed E-state index contributed by atoms with van der Waals surface area (Å²) in [7, 11) is 0. The third-order valence-electron chi connectivity index (χ3n) is 2.79. The molecule has 1 saturated heterocycles. The second-order valence-corrected chi connectivity index (χ2v) is 5.07. The van der Waals surface area contributed by atoms with Gasteiger partial charge in [-0.25, -0.2) is 0 Å². The maximum Gasteiger partial charge on any atom is 0.229 e. The summed E-state index contributed by atoms with van der Waals surface area (Å²) in [6, 6.07) is 5.66. The van der Waals surface area contributed by atoms with Gasteiger partial charge in [0.1, 0.15) is 0 Å². The summed E-state index contributed by atoms with van der Waals surface area (Å²) in [6.45, 7) is 2.36. The summed E-state index contributed by atoms with van der Waals surface area (Å²) >= 11 is 3.37. The average molecular weight is 297 g/mol. The monoisotopic (exact) mass is 296 g/mol. The smallest absolute Gasteiger partial charge is 0.229 e. The third kappa shape index (κ3) is 2.85. The van der Waals surface area contributed by atoms with Crippen LogP contribution in [0, 0.1) is 12.8 Å². The van der Waals surface area contributed by atoms with E-state index in [2.05, 4.69) is 26.6 Å². The highest BCUT2D eigenvalue weighted by Gasteiger charge is 2.27. The Morgan fingerprint density at radius 1 is 1.53 bits per heavy atom.